The maximum Gasteiger partial charge on any atom is 0.235 e. The molecule has 0 unspecified atom stereocenters. The maximum absolute atomic E-state index is 11.7. The predicted octanol–water partition coefficient (Wildman–Crippen LogP) is 1.68. The molecular weight excluding hydrogens is 256 g/mol. The van der Waals surface area contributed by atoms with E-state index in [-0.39, 0.29) is 11.2 Å². The summed E-state index contributed by atoms with van der Waals surface area (Å²) in [5, 5.41) is 12.2. The van der Waals surface area contributed by atoms with Crippen LogP contribution in [-0.4, -0.2) is 46.4 Å². The lowest BCUT2D eigenvalue weighted by Gasteiger charge is -2.14. The third-order valence-electron chi connectivity index (χ3n) is 2.38. The summed E-state index contributed by atoms with van der Waals surface area (Å²) < 4.78 is 0.843. The zero-order valence-electron chi connectivity index (χ0n) is 10.1. The Morgan fingerprint density at radius 2 is 2.24 bits per heavy atom. The summed E-state index contributed by atoms with van der Waals surface area (Å²) in [5.74, 6) is 0.0990. The first-order chi connectivity index (χ1) is 8.06. The smallest absolute Gasteiger partial charge is 0.235 e. The highest BCUT2D eigenvalue weighted by Crippen LogP contribution is 2.32. The molecule has 2 rings (SSSR count). The van der Waals surface area contributed by atoms with Crippen LogP contribution in [0.3, 0.4) is 0 Å². The second kappa shape index (κ2) is 5.22. The Morgan fingerprint density at radius 1 is 1.53 bits per heavy atom. The number of nitrogens with one attached hydrogen (secondary N) is 1. The molecule has 0 bridgehead atoms. The van der Waals surface area contributed by atoms with Gasteiger partial charge in [0.25, 0.3) is 0 Å². The van der Waals surface area contributed by atoms with Crippen molar-refractivity contribution in [1.29, 1.82) is 0 Å². The number of hydrogen-bond donors (Lipinski definition) is 1. The molecule has 1 fully saturated rings. The topological polar surface area (TPSA) is 58.1 Å². The van der Waals surface area contributed by atoms with Gasteiger partial charge in [-0.3, -0.25) is 4.79 Å². The summed E-state index contributed by atoms with van der Waals surface area (Å²) >= 11 is 2.98. The van der Waals surface area contributed by atoms with Crippen molar-refractivity contribution in [2.24, 2.45) is 0 Å². The van der Waals surface area contributed by atoms with Crippen molar-refractivity contribution >= 4 is 34.1 Å². The Morgan fingerprint density at radius 3 is 2.82 bits per heavy atom. The quantitative estimate of drug-likeness (QED) is 0.827. The highest BCUT2D eigenvalue weighted by Gasteiger charge is 2.23. The van der Waals surface area contributed by atoms with Crippen molar-refractivity contribution in [3.05, 3.63) is 0 Å². The van der Waals surface area contributed by atoms with Crippen LogP contribution in [0.25, 0.3) is 0 Å². The van der Waals surface area contributed by atoms with E-state index in [1.54, 1.807) is 19.0 Å². The number of carbonyl (C=O) groups is 1. The van der Waals surface area contributed by atoms with Gasteiger partial charge in [-0.15, -0.1) is 10.2 Å². The molecule has 1 aliphatic rings. The van der Waals surface area contributed by atoms with Crippen LogP contribution in [0.5, 0.6) is 0 Å². The van der Waals surface area contributed by atoms with Crippen LogP contribution in [0, 0.1) is 0 Å². The monoisotopic (exact) mass is 272 g/mol. The maximum atomic E-state index is 11.7. The van der Waals surface area contributed by atoms with Crippen molar-refractivity contribution in [3.63, 3.8) is 0 Å². The van der Waals surface area contributed by atoms with Gasteiger partial charge in [0.05, 0.1) is 5.25 Å². The standard InChI is InChI=1S/C10H16N4OS2/c1-6(8(15)14(2)3)16-10-13-12-9(17-10)11-7-4-5-7/h6-7H,4-5H2,1-3H3,(H,11,12)/t6-/m0/s1. The highest BCUT2D eigenvalue weighted by atomic mass is 32.2. The lowest BCUT2D eigenvalue weighted by atomic mass is 10.4. The van der Waals surface area contributed by atoms with Gasteiger partial charge in [0, 0.05) is 20.1 Å². The molecule has 1 atom stereocenters. The first-order valence-electron chi connectivity index (χ1n) is 5.54. The van der Waals surface area contributed by atoms with Crippen molar-refractivity contribution in [3.8, 4) is 0 Å². The molecule has 1 N–H and O–H groups in total. The van der Waals surface area contributed by atoms with Gasteiger partial charge in [-0.25, -0.2) is 0 Å². The van der Waals surface area contributed by atoms with Crippen LogP contribution in [0.4, 0.5) is 5.13 Å². The Kier molecular flexibility index (Phi) is 3.88. The molecule has 5 nitrogen and oxygen atoms in total. The summed E-state index contributed by atoms with van der Waals surface area (Å²) in [4.78, 5) is 13.3. The van der Waals surface area contributed by atoms with Gasteiger partial charge in [-0.1, -0.05) is 23.1 Å². The van der Waals surface area contributed by atoms with Crippen LogP contribution in [0.15, 0.2) is 4.34 Å². The molecule has 1 amide bonds. The van der Waals surface area contributed by atoms with E-state index in [9.17, 15) is 4.79 Å². The molecule has 1 aromatic rings. The molecular formula is C10H16N4OS2. The van der Waals surface area contributed by atoms with E-state index >= 15 is 0 Å². The zero-order valence-corrected chi connectivity index (χ0v) is 11.8. The number of carbonyl (C=O) groups excluding carboxylic acids is 1. The zero-order chi connectivity index (χ0) is 12.4. The number of aromatic nitrogens is 2. The number of nitrogens with zero attached hydrogens (tertiary/aromatic N) is 3. The van der Waals surface area contributed by atoms with E-state index in [0.29, 0.717) is 6.04 Å². The third kappa shape index (κ3) is 3.57. The molecule has 0 radical (unpaired) electrons. The molecule has 0 aromatic carbocycles. The van der Waals surface area contributed by atoms with Crippen molar-refractivity contribution in [1.82, 2.24) is 15.1 Å². The fourth-order valence-corrected chi connectivity index (χ4v) is 3.40. The third-order valence-corrected chi connectivity index (χ3v) is 4.40. The van der Waals surface area contributed by atoms with E-state index < -0.39 is 0 Å². The van der Waals surface area contributed by atoms with Gasteiger partial charge in [0.2, 0.25) is 11.0 Å². The van der Waals surface area contributed by atoms with Crippen LogP contribution in [0.1, 0.15) is 19.8 Å². The van der Waals surface area contributed by atoms with Gasteiger partial charge >= 0.3 is 0 Å². The summed E-state index contributed by atoms with van der Waals surface area (Å²) in [6.07, 6.45) is 2.44. The molecule has 1 aromatic heterocycles. The highest BCUT2D eigenvalue weighted by molar-refractivity contribution is 8.02. The SMILES string of the molecule is C[C@H](Sc1nnc(NC2CC2)s1)C(=O)N(C)C. The Balaban J connectivity index is 1.89. The van der Waals surface area contributed by atoms with Crippen LogP contribution < -0.4 is 5.32 Å². The number of anilines is 1. The second-order valence-corrected chi connectivity index (χ2v) is 6.85. The summed E-state index contributed by atoms with van der Waals surface area (Å²) in [6.45, 7) is 1.89. The van der Waals surface area contributed by atoms with Crippen LogP contribution >= 0.6 is 23.1 Å². The Labute approximate surface area is 109 Å². The first kappa shape index (κ1) is 12.6. The minimum atomic E-state index is -0.119. The lowest BCUT2D eigenvalue weighted by molar-refractivity contribution is -0.127. The van der Waals surface area contributed by atoms with Gasteiger partial charge in [-0.2, -0.15) is 0 Å². The average molecular weight is 272 g/mol. The van der Waals surface area contributed by atoms with Crippen LogP contribution in [-0.2, 0) is 4.79 Å². The minimum Gasteiger partial charge on any atom is -0.357 e. The Bertz CT molecular complexity index is 403. The van der Waals surface area contributed by atoms with Gasteiger partial charge in [-0.05, 0) is 19.8 Å². The van der Waals surface area contributed by atoms with Crippen LogP contribution in [0.2, 0.25) is 0 Å². The van der Waals surface area contributed by atoms with Gasteiger partial charge < -0.3 is 10.2 Å². The molecule has 0 saturated heterocycles. The van der Waals surface area contributed by atoms with Crippen molar-refractivity contribution < 1.29 is 4.79 Å². The molecule has 1 heterocycles. The van der Waals surface area contributed by atoms with E-state index in [0.717, 1.165) is 9.47 Å². The second-order valence-electron chi connectivity index (χ2n) is 4.28. The first-order valence-corrected chi connectivity index (χ1v) is 7.23. The summed E-state index contributed by atoms with van der Waals surface area (Å²) in [6, 6.07) is 0.585. The van der Waals surface area contributed by atoms with Gasteiger partial charge in [0.1, 0.15) is 0 Å². The largest absolute Gasteiger partial charge is 0.357 e. The van der Waals surface area contributed by atoms with E-state index in [1.807, 2.05) is 6.92 Å². The predicted molar refractivity (Wildman–Crippen MR) is 70.6 cm³/mol. The van der Waals surface area contributed by atoms with E-state index in [4.69, 9.17) is 0 Å². The number of rotatable bonds is 5. The van der Waals surface area contributed by atoms with Crippen molar-refractivity contribution in [2.45, 2.75) is 35.4 Å². The molecule has 1 aliphatic carbocycles. The average Bonchev–Trinajstić information content (AvgIpc) is 2.97. The molecule has 1 saturated carbocycles. The number of amides is 1. The normalized spacial score (nSPS) is 16.6. The minimum absolute atomic E-state index is 0.0990. The molecule has 0 spiro atoms. The Hall–Kier alpha value is -0.820. The van der Waals surface area contributed by atoms with E-state index in [2.05, 4.69) is 15.5 Å². The molecule has 17 heavy (non-hydrogen) atoms. The lowest BCUT2D eigenvalue weighted by Crippen LogP contribution is -2.29. The number of hydrogen-bond acceptors (Lipinski definition) is 6. The molecule has 7 heteroatoms. The fourth-order valence-electron chi connectivity index (χ4n) is 1.28. The number of thioether (sulfide) groups is 1. The summed E-state index contributed by atoms with van der Waals surface area (Å²) in [7, 11) is 3.53. The van der Waals surface area contributed by atoms with Gasteiger partial charge in [0.15, 0.2) is 4.34 Å². The van der Waals surface area contributed by atoms with Crippen molar-refractivity contribution in [2.75, 3.05) is 19.4 Å². The fraction of sp³-hybridized carbons (Fsp3) is 0.700. The molecule has 94 valence electrons. The molecule has 0 aliphatic heterocycles. The summed E-state index contributed by atoms with van der Waals surface area (Å²) in [5.41, 5.74) is 0. The van der Waals surface area contributed by atoms with E-state index in [1.165, 1.54) is 35.9 Å².